The van der Waals surface area contributed by atoms with Crippen molar-refractivity contribution in [1.29, 1.82) is 0 Å². The summed E-state index contributed by atoms with van der Waals surface area (Å²) >= 11 is 0. The summed E-state index contributed by atoms with van der Waals surface area (Å²) < 4.78 is 2.06. The van der Waals surface area contributed by atoms with Gasteiger partial charge in [-0.3, -0.25) is 9.67 Å². The molecule has 0 saturated heterocycles. The van der Waals surface area contributed by atoms with E-state index >= 15 is 0 Å². The molecule has 2 aromatic rings. The van der Waals surface area contributed by atoms with E-state index < -0.39 is 0 Å². The Morgan fingerprint density at radius 3 is 2.52 bits per heavy atom. The Kier molecular flexibility index (Phi) is 8.33. The fraction of sp³-hybridized carbons (Fsp3) is 0.524. The lowest BCUT2D eigenvalue weighted by Crippen LogP contribution is -2.46. The third-order valence-corrected chi connectivity index (χ3v) is 4.72. The third kappa shape index (κ3) is 7.06. The van der Waals surface area contributed by atoms with Crippen molar-refractivity contribution in [3.05, 3.63) is 53.3 Å². The van der Waals surface area contributed by atoms with Gasteiger partial charge in [0, 0.05) is 38.4 Å². The Bertz CT molecular complexity index is 705. The van der Waals surface area contributed by atoms with Crippen LogP contribution in [0, 0.1) is 13.8 Å². The van der Waals surface area contributed by atoms with Gasteiger partial charge in [-0.2, -0.15) is 5.10 Å². The van der Waals surface area contributed by atoms with Crippen LogP contribution in [0.3, 0.4) is 0 Å². The van der Waals surface area contributed by atoms with Crippen molar-refractivity contribution in [2.45, 2.75) is 39.3 Å². The molecule has 2 N–H and O–H groups in total. The number of hydrogen-bond donors (Lipinski definition) is 2. The van der Waals surface area contributed by atoms with Crippen molar-refractivity contribution in [1.82, 2.24) is 25.3 Å². The summed E-state index contributed by atoms with van der Waals surface area (Å²) in [6, 6.07) is 13.1. The molecule has 1 heterocycles. The summed E-state index contributed by atoms with van der Waals surface area (Å²) in [5, 5.41) is 11.4. The number of guanidine groups is 1. The maximum absolute atomic E-state index is 4.50. The van der Waals surface area contributed by atoms with E-state index in [0.29, 0.717) is 6.04 Å². The molecule has 0 aliphatic rings. The fourth-order valence-corrected chi connectivity index (χ4v) is 3.10. The Balaban J connectivity index is 1.75. The first-order valence-corrected chi connectivity index (χ1v) is 9.65. The van der Waals surface area contributed by atoms with E-state index in [2.05, 4.69) is 87.7 Å². The van der Waals surface area contributed by atoms with Crippen LogP contribution in [0.2, 0.25) is 0 Å². The Morgan fingerprint density at radius 1 is 1.19 bits per heavy atom. The molecule has 0 fully saturated rings. The molecular formula is C21H34N6. The Labute approximate surface area is 163 Å². The van der Waals surface area contributed by atoms with Gasteiger partial charge in [0.15, 0.2) is 5.96 Å². The van der Waals surface area contributed by atoms with Crippen LogP contribution in [0.1, 0.15) is 23.4 Å². The maximum Gasteiger partial charge on any atom is 0.191 e. The predicted molar refractivity (Wildman–Crippen MR) is 113 cm³/mol. The van der Waals surface area contributed by atoms with E-state index in [0.717, 1.165) is 44.1 Å². The van der Waals surface area contributed by atoms with Gasteiger partial charge in [-0.15, -0.1) is 0 Å². The highest BCUT2D eigenvalue weighted by atomic mass is 15.3. The summed E-state index contributed by atoms with van der Waals surface area (Å²) in [7, 11) is 6.07. The summed E-state index contributed by atoms with van der Waals surface area (Å²) in [5.41, 5.74) is 3.64. The molecule has 0 spiro atoms. The highest BCUT2D eigenvalue weighted by Gasteiger charge is 2.13. The number of aliphatic imine (C=N–C) groups is 1. The molecular weight excluding hydrogens is 336 g/mol. The van der Waals surface area contributed by atoms with Crippen molar-refractivity contribution in [3.8, 4) is 0 Å². The van der Waals surface area contributed by atoms with Crippen LogP contribution in [0.4, 0.5) is 0 Å². The van der Waals surface area contributed by atoms with Gasteiger partial charge in [-0.25, -0.2) is 0 Å². The van der Waals surface area contributed by atoms with Crippen LogP contribution in [0.5, 0.6) is 0 Å². The number of rotatable bonds is 9. The van der Waals surface area contributed by atoms with Gasteiger partial charge in [0.1, 0.15) is 0 Å². The van der Waals surface area contributed by atoms with Crippen molar-refractivity contribution < 1.29 is 0 Å². The molecule has 1 aromatic carbocycles. The summed E-state index contributed by atoms with van der Waals surface area (Å²) in [6.07, 6.45) is 2.01. The van der Waals surface area contributed by atoms with E-state index in [1.54, 1.807) is 0 Å². The number of nitrogens with zero attached hydrogens (tertiary/aromatic N) is 4. The number of benzene rings is 1. The highest BCUT2D eigenvalue weighted by molar-refractivity contribution is 5.79. The van der Waals surface area contributed by atoms with Gasteiger partial charge in [-0.1, -0.05) is 30.3 Å². The molecule has 1 unspecified atom stereocenters. The van der Waals surface area contributed by atoms with E-state index in [4.69, 9.17) is 0 Å². The maximum atomic E-state index is 4.50. The van der Waals surface area contributed by atoms with Gasteiger partial charge in [0.25, 0.3) is 0 Å². The molecule has 0 amide bonds. The summed E-state index contributed by atoms with van der Waals surface area (Å²) in [6.45, 7) is 6.76. The van der Waals surface area contributed by atoms with Crippen molar-refractivity contribution in [2.75, 3.05) is 34.2 Å². The van der Waals surface area contributed by atoms with Gasteiger partial charge in [-0.05, 0) is 52.4 Å². The second-order valence-corrected chi connectivity index (χ2v) is 7.19. The lowest BCUT2D eigenvalue weighted by Gasteiger charge is -2.25. The molecule has 2 rings (SSSR count). The first-order valence-electron chi connectivity index (χ1n) is 9.65. The average Bonchev–Trinajstić information content (AvgIpc) is 2.97. The van der Waals surface area contributed by atoms with E-state index in [-0.39, 0.29) is 0 Å². The van der Waals surface area contributed by atoms with Crippen LogP contribution in [-0.4, -0.2) is 60.9 Å². The zero-order valence-corrected chi connectivity index (χ0v) is 17.4. The number of likely N-dealkylation sites (N-methyl/N-ethyl adjacent to an activating group) is 1. The standard InChI is InChI=1S/C21H34N6/c1-17-14-18(2)27(25-17)13-9-12-23-21(22-3)24-16-20(26(4)5)15-19-10-7-6-8-11-19/h6-8,10-11,14,20H,9,12-13,15-16H2,1-5H3,(H2,22,23,24). The molecule has 0 radical (unpaired) electrons. The molecule has 1 aromatic heterocycles. The summed E-state index contributed by atoms with van der Waals surface area (Å²) in [4.78, 5) is 6.61. The van der Waals surface area contributed by atoms with Crippen LogP contribution < -0.4 is 10.6 Å². The molecule has 6 heteroatoms. The largest absolute Gasteiger partial charge is 0.356 e. The average molecular weight is 371 g/mol. The first-order chi connectivity index (χ1) is 13.0. The number of hydrogen-bond acceptors (Lipinski definition) is 3. The Morgan fingerprint density at radius 2 is 1.93 bits per heavy atom. The SMILES string of the molecule is CN=C(NCCCn1nc(C)cc1C)NCC(Cc1ccccc1)N(C)C. The number of nitrogens with one attached hydrogen (secondary N) is 2. The second kappa shape index (κ2) is 10.7. The van der Waals surface area contributed by atoms with Crippen molar-refractivity contribution in [2.24, 2.45) is 4.99 Å². The molecule has 27 heavy (non-hydrogen) atoms. The van der Waals surface area contributed by atoms with Crippen molar-refractivity contribution >= 4 is 5.96 Å². The topological polar surface area (TPSA) is 57.5 Å². The quantitative estimate of drug-likeness (QED) is 0.404. The van der Waals surface area contributed by atoms with E-state index in [1.165, 1.54) is 11.3 Å². The lowest BCUT2D eigenvalue weighted by atomic mass is 10.1. The normalized spacial score (nSPS) is 13.0. The van der Waals surface area contributed by atoms with Crippen LogP contribution in [0.25, 0.3) is 0 Å². The smallest absolute Gasteiger partial charge is 0.191 e. The van der Waals surface area contributed by atoms with Crippen LogP contribution >= 0.6 is 0 Å². The fourth-order valence-electron chi connectivity index (χ4n) is 3.10. The second-order valence-electron chi connectivity index (χ2n) is 7.19. The zero-order chi connectivity index (χ0) is 19.6. The van der Waals surface area contributed by atoms with E-state index in [9.17, 15) is 0 Å². The van der Waals surface area contributed by atoms with Gasteiger partial charge in [0.05, 0.1) is 5.69 Å². The monoisotopic (exact) mass is 370 g/mol. The molecule has 0 aliphatic heterocycles. The van der Waals surface area contributed by atoms with E-state index in [1.807, 2.05) is 14.0 Å². The minimum atomic E-state index is 0.403. The molecule has 6 nitrogen and oxygen atoms in total. The predicted octanol–water partition coefficient (Wildman–Crippen LogP) is 2.23. The van der Waals surface area contributed by atoms with Gasteiger partial charge in [0.2, 0.25) is 0 Å². The lowest BCUT2D eigenvalue weighted by molar-refractivity contribution is 0.290. The minimum Gasteiger partial charge on any atom is -0.356 e. The molecule has 148 valence electrons. The molecule has 0 saturated carbocycles. The number of aromatic nitrogens is 2. The molecule has 0 aliphatic carbocycles. The first kappa shape index (κ1) is 21.0. The summed E-state index contributed by atoms with van der Waals surface area (Å²) in [5.74, 6) is 0.850. The van der Waals surface area contributed by atoms with Crippen LogP contribution in [-0.2, 0) is 13.0 Å². The van der Waals surface area contributed by atoms with Crippen LogP contribution in [0.15, 0.2) is 41.4 Å². The highest BCUT2D eigenvalue weighted by Crippen LogP contribution is 2.06. The number of aryl methyl sites for hydroxylation is 3. The molecule has 1 atom stereocenters. The van der Waals surface area contributed by atoms with Gasteiger partial charge < -0.3 is 15.5 Å². The minimum absolute atomic E-state index is 0.403. The molecule has 0 bridgehead atoms. The third-order valence-electron chi connectivity index (χ3n) is 4.72. The zero-order valence-electron chi connectivity index (χ0n) is 17.4. The van der Waals surface area contributed by atoms with Gasteiger partial charge >= 0.3 is 0 Å². The van der Waals surface area contributed by atoms with Crippen molar-refractivity contribution in [3.63, 3.8) is 0 Å². The Hall–Kier alpha value is -2.34.